The molecular formula is C18H14F3N5O3. The molecule has 0 radical (unpaired) electrons. The van der Waals surface area contributed by atoms with E-state index >= 15 is 0 Å². The Hall–Kier alpha value is -3.81. The monoisotopic (exact) mass is 405 g/mol. The van der Waals surface area contributed by atoms with E-state index in [0.29, 0.717) is 11.4 Å². The minimum atomic E-state index is -4.44. The number of amides is 1. The number of anilines is 1. The van der Waals surface area contributed by atoms with E-state index < -0.39 is 24.2 Å². The van der Waals surface area contributed by atoms with Gasteiger partial charge in [0.1, 0.15) is 17.4 Å². The molecule has 2 aromatic heterocycles. The average molecular weight is 405 g/mol. The van der Waals surface area contributed by atoms with Gasteiger partial charge in [0.15, 0.2) is 12.3 Å². The lowest BCUT2D eigenvalue weighted by molar-refractivity contribution is -0.153. The van der Waals surface area contributed by atoms with Gasteiger partial charge >= 0.3 is 6.18 Å². The van der Waals surface area contributed by atoms with Gasteiger partial charge < -0.3 is 10.1 Å². The number of aromatic nitrogens is 3. The summed E-state index contributed by atoms with van der Waals surface area (Å²) in [7, 11) is 0. The number of nitriles is 1. The topological polar surface area (TPSA) is 112 Å². The van der Waals surface area contributed by atoms with Crippen molar-refractivity contribution in [3.8, 4) is 11.8 Å². The minimum absolute atomic E-state index is 0.00380. The van der Waals surface area contributed by atoms with Crippen molar-refractivity contribution in [2.75, 3.05) is 11.9 Å². The van der Waals surface area contributed by atoms with Crippen molar-refractivity contribution in [2.24, 2.45) is 0 Å². The number of fused-ring (bicyclic) bond motifs is 1. The van der Waals surface area contributed by atoms with Crippen molar-refractivity contribution in [1.29, 1.82) is 5.26 Å². The van der Waals surface area contributed by atoms with E-state index in [1.165, 1.54) is 30.5 Å². The highest BCUT2D eigenvalue weighted by atomic mass is 19.4. The van der Waals surface area contributed by atoms with Crippen LogP contribution in [0.2, 0.25) is 0 Å². The second-order valence-electron chi connectivity index (χ2n) is 6.09. The number of carbonyl (C=O) groups excluding carboxylic acids is 1. The third-order valence-corrected chi connectivity index (χ3v) is 3.96. The van der Waals surface area contributed by atoms with E-state index in [2.05, 4.69) is 20.1 Å². The Morgan fingerprint density at radius 3 is 2.66 bits per heavy atom. The highest BCUT2D eigenvalue weighted by Gasteiger charge is 2.28. The van der Waals surface area contributed by atoms with Crippen molar-refractivity contribution in [3.05, 3.63) is 57.6 Å². The molecule has 0 spiro atoms. The Morgan fingerprint density at radius 1 is 1.34 bits per heavy atom. The first-order valence-corrected chi connectivity index (χ1v) is 8.27. The van der Waals surface area contributed by atoms with Crippen molar-refractivity contribution in [3.63, 3.8) is 0 Å². The van der Waals surface area contributed by atoms with Gasteiger partial charge in [0.05, 0.1) is 6.42 Å². The zero-order chi connectivity index (χ0) is 21.2. The van der Waals surface area contributed by atoms with Gasteiger partial charge in [0, 0.05) is 23.1 Å². The normalized spacial score (nSPS) is 11.3. The van der Waals surface area contributed by atoms with Crippen LogP contribution in [0.15, 0.2) is 35.3 Å². The molecule has 0 saturated heterocycles. The van der Waals surface area contributed by atoms with E-state index in [4.69, 9.17) is 5.26 Å². The molecule has 3 rings (SSSR count). The molecule has 0 aliphatic heterocycles. The lowest BCUT2D eigenvalue weighted by Gasteiger charge is -2.10. The van der Waals surface area contributed by atoms with E-state index in [1.54, 1.807) is 6.92 Å². The highest BCUT2D eigenvalue weighted by molar-refractivity contribution is 5.92. The highest BCUT2D eigenvalue weighted by Crippen LogP contribution is 2.20. The van der Waals surface area contributed by atoms with Crippen LogP contribution in [0.5, 0.6) is 5.75 Å². The number of carbonyl (C=O) groups is 1. The van der Waals surface area contributed by atoms with Crippen LogP contribution in [0.4, 0.5) is 18.9 Å². The summed E-state index contributed by atoms with van der Waals surface area (Å²) < 4.78 is 42.1. The number of alkyl halides is 3. The molecule has 0 fully saturated rings. The standard InChI is InChI=1S/C18H14F3N5O3/c1-10-14(17(28)26-16(24-10)11(7-22)8-23-26)6-15(27)25-12-2-4-13(5-3-12)29-9-18(19,20)21/h2-5,8,23H,6,9H2,1H3,(H,25,27). The molecule has 3 aromatic rings. The SMILES string of the molecule is Cc1nc2c(C#N)c[nH]n2c(=O)c1CC(=O)Nc1ccc(OCC(F)(F)F)cc1. The van der Waals surface area contributed by atoms with Gasteiger partial charge in [-0.2, -0.15) is 18.4 Å². The number of halogens is 3. The maximum Gasteiger partial charge on any atom is 0.422 e. The predicted molar refractivity (Wildman–Crippen MR) is 95.6 cm³/mol. The van der Waals surface area contributed by atoms with Gasteiger partial charge in [-0.3, -0.25) is 14.7 Å². The third-order valence-electron chi connectivity index (χ3n) is 3.96. The lowest BCUT2D eigenvalue weighted by Crippen LogP contribution is -2.26. The van der Waals surface area contributed by atoms with Crippen molar-refractivity contribution in [2.45, 2.75) is 19.5 Å². The van der Waals surface area contributed by atoms with Crippen LogP contribution >= 0.6 is 0 Å². The molecule has 11 heteroatoms. The molecule has 0 aliphatic carbocycles. The fourth-order valence-electron chi connectivity index (χ4n) is 2.61. The molecule has 0 saturated carbocycles. The molecule has 0 atom stereocenters. The Labute approximate surface area is 161 Å². The van der Waals surface area contributed by atoms with Crippen molar-refractivity contribution < 1.29 is 22.7 Å². The summed E-state index contributed by atoms with van der Waals surface area (Å²) in [6.07, 6.45) is -3.37. The molecule has 2 N–H and O–H groups in total. The summed E-state index contributed by atoms with van der Waals surface area (Å²) in [5.74, 6) is -0.507. The fourth-order valence-corrected chi connectivity index (χ4v) is 2.61. The summed E-state index contributed by atoms with van der Waals surface area (Å²) in [4.78, 5) is 29.1. The molecule has 0 unspecified atom stereocenters. The third kappa shape index (κ3) is 4.55. The average Bonchev–Trinajstić information content (AvgIpc) is 3.07. The van der Waals surface area contributed by atoms with Gasteiger partial charge in [-0.05, 0) is 31.2 Å². The van der Waals surface area contributed by atoms with E-state index in [0.717, 1.165) is 4.52 Å². The smallest absolute Gasteiger partial charge is 0.422 e. The number of rotatable bonds is 5. The zero-order valence-electron chi connectivity index (χ0n) is 15.0. The molecular weight excluding hydrogens is 391 g/mol. The van der Waals surface area contributed by atoms with E-state index in [1.807, 2.05) is 6.07 Å². The maximum atomic E-state index is 12.6. The number of aromatic amines is 1. The van der Waals surface area contributed by atoms with Gasteiger partial charge in [-0.25, -0.2) is 9.50 Å². The van der Waals surface area contributed by atoms with Gasteiger partial charge in [-0.1, -0.05) is 0 Å². The molecule has 1 aromatic carbocycles. The van der Waals surface area contributed by atoms with Gasteiger partial charge in [0.2, 0.25) is 5.91 Å². The Bertz CT molecular complexity index is 1160. The molecule has 0 bridgehead atoms. The first-order chi connectivity index (χ1) is 13.7. The van der Waals surface area contributed by atoms with E-state index in [9.17, 15) is 22.8 Å². The summed E-state index contributed by atoms with van der Waals surface area (Å²) in [6.45, 7) is 0.147. The van der Waals surface area contributed by atoms with E-state index in [-0.39, 0.29) is 28.9 Å². The Kier molecular flexibility index (Phi) is 5.27. The van der Waals surface area contributed by atoms with Crippen LogP contribution in [0, 0.1) is 18.3 Å². The van der Waals surface area contributed by atoms with Crippen LogP contribution in [-0.4, -0.2) is 33.3 Å². The second kappa shape index (κ2) is 7.67. The fraction of sp³-hybridized carbons (Fsp3) is 0.222. The van der Waals surface area contributed by atoms with Crippen LogP contribution < -0.4 is 15.6 Å². The van der Waals surface area contributed by atoms with Crippen LogP contribution in [-0.2, 0) is 11.2 Å². The van der Waals surface area contributed by atoms with Gasteiger partial charge in [-0.15, -0.1) is 0 Å². The molecule has 0 aliphatic rings. The minimum Gasteiger partial charge on any atom is -0.484 e. The molecule has 8 nitrogen and oxygen atoms in total. The number of nitrogens with one attached hydrogen (secondary N) is 2. The second-order valence-corrected chi connectivity index (χ2v) is 6.09. The number of hydrogen-bond donors (Lipinski definition) is 2. The number of benzene rings is 1. The summed E-state index contributed by atoms with van der Waals surface area (Å²) in [5, 5.41) is 14.2. The molecule has 150 valence electrons. The lowest BCUT2D eigenvalue weighted by atomic mass is 10.1. The van der Waals surface area contributed by atoms with Crippen molar-refractivity contribution >= 4 is 17.2 Å². The van der Waals surface area contributed by atoms with Gasteiger partial charge in [0.25, 0.3) is 5.56 Å². The predicted octanol–water partition coefficient (Wildman–Crippen LogP) is 2.33. The summed E-state index contributed by atoms with van der Waals surface area (Å²) in [6, 6.07) is 7.26. The number of nitrogens with zero attached hydrogens (tertiary/aromatic N) is 3. The number of hydrogen-bond acceptors (Lipinski definition) is 5. The Balaban J connectivity index is 1.71. The van der Waals surface area contributed by atoms with Crippen LogP contribution in [0.3, 0.4) is 0 Å². The quantitative estimate of drug-likeness (QED) is 0.677. The Morgan fingerprint density at radius 2 is 2.03 bits per heavy atom. The first-order valence-electron chi connectivity index (χ1n) is 8.27. The number of ether oxygens (including phenoxy) is 1. The molecule has 29 heavy (non-hydrogen) atoms. The molecule has 1 amide bonds. The van der Waals surface area contributed by atoms with Crippen LogP contribution in [0.1, 0.15) is 16.8 Å². The number of H-pyrrole nitrogens is 1. The van der Waals surface area contributed by atoms with Crippen LogP contribution in [0.25, 0.3) is 5.65 Å². The largest absolute Gasteiger partial charge is 0.484 e. The molecule has 2 heterocycles. The van der Waals surface area contributed by atoms with Crippen molar-refractivity contribution in [1.82, 2.24) is 14.6 Å². The summed E-state index contributed by atoms with van der Waals surface area (Å²) in [5.41, 5.74) is 0.670. The first kappa shape index (κ1) is 19.9. The zero-order valence-corrected chi connectivity index (χ0v) is 15.0. The maximum absolute atomic E-state index is 12.6. The summed E-state index contributed by atoms with van der Waals surface area (Å²) >= 11 is 0. The number of aryl methyl sites for hydroxylation is 1.